The fraction of sp³-hybridized carbons (Fsp3) is 0.250. The van der Waals surface area contributed by atoms with Gasteiger partial charge in [-0.25, -0.2) is 5.10 Å². The van der Waals surface area contributed by atoms with E-state index in [2.05, 4.69) is 20.8 Å². The van der Waals surface area contributed by atoms with E-state index in [1.807, 2.05) is 36.4 Å². The Balaban J connectivity index is 1.46. The molecule has 0 saturated heterocycles. The van der Waals surface area contributed by atoms with Crippen LogP contribution in [-0.2, 0) is 11.2 Å². The molecule has 1 atom stereocenters. The first-order chi connectivity index (χ1) is 13.1. The average molecular weight is 366 g/mol. The van der Waals surface area contributed by atoms with Crippen molar-refractivity contribution in [1.29, 1.82) is 0 Å². The number of aryl methyl sites for hydroxylation is 1. The number of hydrogen-bond donors (Lipinski definition) is 4. The Bertz CT molecular complexity index is 956. The Kier molecular flexibility index (Phi) is 6.17. The molecule has 0 aliphatic rings. The molecule has 3 aromatic rings. The number of anilines is 1. The van der Waals surface area contributed by atoms with Gasteiger partial charge in [0.1, 0.15) is 0 Å². The summed E-state index contributed by atoms with van der Waals surface area (Å²) in [6, 6.07) is 16.9. The molecule has 1 aromatic heterocycles. The Hall–Kier alpha value is -3.19. The number of fused-ring (bicyclic) bond motifs is 1. The highest BCUT2D eigenvalue weighted by atomic mass is 16.3. The number of amides is 1. The van der Waals surface area contributed by atoms with Crippen LogP contribution in [0.2, 0.25) is 0 Å². The molecule has 3 rings (SSSR count). The molecule has 2 aromatic carbocycles. The lowest BCUT2D eigenvalue weighted by atomic mass is 10.1. The standard InChI is InChI=1S/C20H22N4O3/c25-15(12-21-18(26)11-10-14-6-2-1-3-7-14)13-22-19-16-8-4-5-9-17(16)20(27)24-23-19/h1-9,15,25H,10-13H2,(H,21,26)(H,22,23)(H,24,27). The molecule has 0 radical (unpaired) electrons. The number of nitrogens with one attached hydrogen (secondary N) is 3. The zero-order valence-electron chi connectivity index (χ0n) is 14.8. The maximum Gasteiger partial charge on any atom is 0.272 e. The largest absolute Gasteiger partial charge is 0.389 e. The number of aliphatic hydroxyl groups is 1. The molecule has 0 aliphatic carbocycles. The molecular formula is C20H22N4O3. The SMILES string of the molecule is O=C(CCc1ccccc1)NCC(O)CNc1n[nH]c(=O)c2ccccc12. The third-order valence-electron chi connectivity index (χ3n) is 4.22. The number of benzene rings is 2. The van der Waals surface area contributed by atoms with Gasteiger partial charge in [0, 0.05) is 24.9 Å². The zero-order chi connectivity index (χ0) is 19.1. The smallest absolute Gasteiger partial charge is 0.272 e. The fourth-order valence-electron chi connectivity index (χ4n) is 2.76. The molecule has 4 N–H and O–H groups in total. The second-order valence-corrected chi connectivity index (χ2v) is 6.27. The lowest BCUT2D eigenvalue weighted by Crippen LogP contribution is -2.36. The van der Waals surface area contributed by atoms with Crippen LogP contribution in [0.25, 0.3) is 10.8 Å². The van der Waals surface area contributed by atoms with Crippen molar-refractivity contribution in [2.24, 2.45) is 0 Å². The number of rotatable bonds is 8. The first kappa shape index (κ1) is 18.6. The second kappa shape index (κ2) is 8.95. The topological polar surface area (TPSA) is 107 Å². The van der Waals surface area contributed by atoms with Gasteiger partial charge in [0.2, 0.25) is 5.91 Å². The molecule has 0 spiro atoms. The summed E-state index contributed by atoms with van der Waals surface area (Å²) < 4.78 is 0. The van der Waals surface area contributed by atoms with E-state index in [0.29, 0.717) is 29.4 Å². The Morgan fingerprint density at radius 3 is 2.52 bits per heavy atom. The molecular weight excluding hydrogens is 344 g/mol. The molecule has 0 bridgehead atoms. The Labute approximate surface area is 156 Å². The van der Waals surface area contributed by atoms with Crippen LogP contribution in [0.5, 0.6) is 0 Å². The quantitative estimate of drug-likeness (QED) is 0.483. The molecule has 7 nitrogen and oxygen atoms in total. The van der Waals surface area contributed by atoms with E-state index in [0.717, 1.165) is 5.56 Å². The van der Waals surface area contributed by atoms with Crippen LogP contribution in [0, 0.1) is 0 Å². The van der Waals surface area contributed by atoms with Crippen LogP contribution in [-0.4, -0.2) is 40.4 Å². The van der Waals surface area contributed by atoms with E-state index in [1.54, 1.807) is 18.2 Å². The van der Waals surface area contributed by atoms with Crippen molar-refractivity contribution < 1.29 is 9.90 Å². The summed E-state index contributed by atoms with van der Waals surface area (Å²) in [5.74, 6) is 0.380. The number of aromatic amines is 1. The average Bonchev–Trinajstić information content (AvgIpc) is 2.71. The fourth-order valence-corrected chi connectivity index (χ4v) is 2.76. The summed E-state index contributed by atoms with van der Waals surface area (Å²) >= 11 is 0. The van der Waals surface area contributed by atoms with Gasteiger partial charge in [0.15, 0.2) is 5.82 Å². The summed E-state index contributed by atoms with van der Waals surface area (Å²) in [4.78, 5) is 23.7. The van der Waals surface area contributed by atoms with Gasteiger partial charge in [0.05, 0.1) is 11.5 Å². The van der Waals surface area contributed by atoms with E-state index in [-0.39, 0.29) is 24.6 Å². The van der Waals surface area contributed by atoms with Crippen molar-refractivity contribution in [3.8, 4) is 0 Å². The highest BCUT2D eigenvalue weighted by molar-refractivity contribution is 5.90. The molecule has 1 amide bonds. The monoisotopic (exact) mass is 366 g/mol. The zero-order valence-corrected chi connectivity index (χ0v) is 14.8. The minimum Gasteiger partial charge on any atom is -0.389 e. The van der Waals surface area contributed by atoms with Gasteiger partial charge in [-0.3, -0.25) is 9.59 Å². The molecule has 27 heavy (non-hydrogen) atoms. The lowest BCUT2D eigenvalue weighted by molar-refractivity contribution is -0.121. The highest BCUT2D eigenvalue weighted by Gasteiger charge is 2.10. The molecule has 0 aliphatic heterocycles. The minimum absolute atomic E-state index is 0.106. The third kappa shape index (κ3) is 5.15. The summed E-state index contributed by atoms with van der Waals surface area (Å²) in [6.07, 6.45) is 0.253. The van der Waals surface area contributed by atoms with Crippen molar-refractivity contribution in [1.82, 2.24) is 15.5 Å². The van der Waals surface area contributed by atoms with Crippen LogP contribution in [0.15, 0.2) is 59.4 Å². The molecule has 0 fully saturated rings. The van der Waals surface area contributed by atoms with Gasteiger partial charge in [-0.2, -0.15) is 5.10 Å². The van der Waals surface area contributed by atoms with E-state index < -0.39 is 6.10 Å². The number of aromatic nitrogens is 2. The van der Waals surface area contributed by atoms with E-state index in [4.69, 9.17) is 0 Å². The lowest BCUT2D eigenvalue weighted by Gasteiger charge is -2.14. The van der Waals surface area contributed by atoms with E-state index in [1.165, 1.54) is 0 Å². The molecule has 1 heterocycles. The van der Waals surface area contributed by atoms with Crippen LogP contribution in [0.4, 0.5) is 5.82 Å². The van der Waals surface area contributed by atoms with Crippen LogP contribution >= 0.6 is 0 Å². The first-order valence-electron chi connectivity index (χ1n) is 8.83. The van der Waals surface area contributed by atoms with E-state index in [9.17, 15) is 14.7 Å². The number of nitrogens with zero attached hydrogens (tertiary/aromatic N) is 1. The Morgan fingerprint density at radius 2 is 1.74 bits per heavy atom. The molecule has 0 saturated carbocycles. The van der Waals surface area contributed by atoms with Crippen molar-refractivity contribution in [2.75, 3.05) is 18.4 Å². The second-order valence-electron chi connectivity index (χ2n) is 6.27. The van der Waals surface area contributed by atoms with Crippen LogP contribution in [0.3, 0.4) is 0 Å². The number of H-pyrrole nitrogens is 1. The number of carbonyl (C=O) groups excluding carboxylic acids is 1. The van der Waals surface area contributed by atoms with Crippen LogP contribution in [0.1, 0.15) is 12.0 Å². The minimum atomic E-state index is -0.779. The third-order valence-corrected chi connectivity index (χ3v) is 4.22. The molecule has 1 unspecified atom stereocenters. The van der Waals surface area contributed by atoms with Crippen molar-refractivity contribution >= 4 is 22.5 Å². The summed E-state index contributed by atoms with van der Waals surface area (Å²) in [5.41, 5.74) is 0.841. The number of hydrogen-bond acceptors (Lipinski definition) is 5. The molecule has 7 heteroatoms. The predicted molar refractivity (Wildman–Crippen MR) is 105 cm³/mol. The van der Waals surface area contributed by atoms with Crippen molar-refractivity contribution in [3.05, 3.63) is 70.5 Å². The number of carbonyl (C=O) groups is 1. The maximum atomic E-state index is 11.9. The summed E-state index contributed by atoms with van der Waals surface area (Å²) in [7, 11) is 0. The summed E-state index contributed by atoms with van der Waals surface area (Å²) in [6.45, 7) is 0.337. The van der Waals surface area contributed by atoms with Gasteiger partial charge in [-0.15, -0.1) is 0 Å². The van der Waals surface area contributed by atoms with Gasteiger partial charge in [0.25, 0.3) is 5.56 Å². The highest BCUT2D eigenvalue weighted by Crippen LogP contribution is 2.16. The van der Waals surface area contributed by atoms with E-state index >= 15 is 0 Å². The van der Waals surface area contributed by atoms with Gasteiger partial charge in [-0.05, 0) is 18.1 Å². The van der Waals surface area contributed by atoms with Crippen molar-refractivity contribution in [3.63, 3.8) is 0 Å². The predicted octanol–water partition coefficient (Wildman–Crippen LogP) is 1.44. The van der Waals surface area contributed by atoms with Gasteiger partial charge >= 0.3 is 0 Å². The molecule has 140 valence electrons. The maximum absolute atomic E-state index is 11.9. The normalized spacial score (nSPS) is 11.9. The summed E-state index contributed by atoms with van der Waals surface area (Å²) in [5, 5.41) is 23.5. The van der Waals surface area contributed by atoms with Gasteiger partial charge in [-0.1, -0.05) is 48.5 Å². The Morgan fingerprint density at radius 1 is 1.04 bits per heavy atom. The van der Waals surface area contributed by atoms with Crippen molar-refractivity contribution in [2.45, 2.75) is 18.9 Å². The number of aliphatic hydroxyl groups excluding tert-OH is 1. The van der Waals surface area contributed by atoms with Gasteiger partial charge < -0.3 is 15.7 Å². The first-order valence-corrected chi connectivity index (χ1v) is 8.83. The van der Waals surface area contributed by atoms with Crippen LogP contribution < -0.4 is 16.2 Å².